The number of benzene rings is 1. The van der Waals surface area contributed by atoms with Gasteiger partial charge in [-0.3, -0.25) is 4.79 Å². The Morgan fingerprint density at radius 3 is 2.90 bits per heavy atom. The second-order valence-electron chi connectivity index (χ2n) is 5.61. The van der Waals surface area contributed by atoms with E-state index in [-0.39, 0.29) is 17.9 Å². The number of hydrogen-bond acceptors (Lipinski definition) is 2. The average Bonchev–Trinajstić information content (AvgIpc) is 3.23. The third-order valence-corrected chi connectivity index (χ3v) is 3.83. The van der Waals surface area contributed by atoms with Crippen molar-refractivity contribution in [3.63, 3.8) is 0 Å². The van der Waals surface area contributed by atoms with Crippen molar-refractivity contribution in [3.05, 3.63) is 30.1 Å². The Hall–Kier alpha value is -1.84. The van der Waals surface area contributed by atoms with Gasteiger partial charge < -0.3 is 9.88 Å². The van der Waals surface area contributed by atoms with Crippen molar-refractivity contribution in [1.82, 2.24) is 14.9 Å². The van der Waals surface area contributed by atoms with Gasteiger partial charge in [0.2, 0.25) is 5.91 Å². The number of rotatable bonds is 5. The predicted octanol–water partition coefficient (Wildman–Crippen LogP) is 3.03. The molecule has 106 valence electrons. The van der Waals surface area contributed by atoms with Crippen LogP contribution in [0, 0.1) is 5.92 Å². The standard InChI is InChI=1S/C16H21N3O/c1-3-10-19-14-7-5-4-6-13(14)18-15(19)11(2)17-16(20)12-8-9-12/h4-7,11-12H,3,8-10H2,1-2H3,(H,17,20). The molecule has 4 nitrogen and oxygen atoms in total. The number of carbonyl (C=O) groups is 1. The first-order valence-corrected chi connectivity index (χ1v) is 7.46. The van der Waals surface area contributed by atoms with Crippen molar-refractivity contribution in [2.24, 2.45) is 5.92 Å². The first-order chi connectivity index (χ1) is 9.70. The summed E-state index contributed by atoms with van der Waals surface area (Å²) in [4.78, 5) is 16.6. The van der Waals surface area contributed by atoms with Gasteiger partial charge in [-0.15, -0.1) is 0 Å². The molecule has 0 spiro atoms. The number of imidazole rings is 1. The first-order valence-electron chi connectivity index (χ1n) is 7.46. The van der Waals surface area contributed by atoms with Crippen molar-refractivity contribution in [2.75, 3.05) is 0 Å². The Kier molecular flexibility index (Phi) is 3.47. The summed E-state index contributed by atoms with van der Waals surface area (Å²) in [7, 11) is 0. The van der Waals surface area contributed by atoms with E-state index in [9.17, 15) is 4.79 Å². The minimum Gasteiger partial charge on any atom is -0.346 e. The van der Waals surface area contributed by atoms with Gasteiger partial charge in [0.05, 0.1) is 17.1 Å². The van der Waals surface area contributed by atoms with Crippen molar-refractivity contribution in [3.8, 4) is 0 Å². The molecule has 0 radical (unpaired) electrons. The minimum atomic E-state index is -0.0398. The fourth-order valence-electron chi connectivity index (χ4n) is 2.62. The van der Waals surface area contributed by atoms with Crippen LogP contribution in [-0.4, -0.2) is 15.5 Å². The molecule has 20 heavy (non-hydrogen) atoms. The van der Waals surface area contributed by atoms with E-state index < -0.39 is 0 Å². The number of para-hydroxylation sites is 2. The lowest BCUT2D eigenvalue weighted by molar-refractivity contribution is -0.123. The van der Waals surface area contributed by atoms with Crippen LogP contribution in [0.5, 0.6) is 0 Å². The summed E-state index contributed by atoms with van der Waals surface area (Å²) < 4.78 is 2.23. The highest BCUT2D eigenvalue weighted by Crippen LogP contribution is 2.30. The van der Waals surface area contributed by atoms with E-state index in [0.29, 0.717) is 0 Å². The van der Waals surface area contributed by atoms with E-state index in [0.717, 1.165) is 42.7 Å². The van der Waals surface area contributed by atoms with Gasteiger partial charge in [0.15, 0.2) is 0 Å². The van der Waals surface area contributed by atoms with Gasteiger partial charge >= 0.3 is 0 Å². The lowest BCUT2D eigenvalue weighted by atomic mass is 10.2. The fourth-order valence-corrected chi connectivity index (χ4v) is 2.62. The van der Waals surface area contributed by atoms with Gasteiger partial charge in [0, 0.05) is 12.5 Å². The molecule has 1 aromatic carbocycles. The normalized spacial score (nSPS) is 16.3. The highest BCUT2D eigenvalue weighted by molar-refractivity contribution is 5.81. The maximum atomic E-state index is 11.9. The molecule has 3 rings (SSSR count). The van der Waals surface area contributed by atoms with Crippen LogP contribution in [0.3, 0.4) is 0 Å². The van der Waals surface area contributed by atoms with Crippen LogP contribution in [-0.2, 0) is 11.3 Å². The molecule has 1 aliphatic carbocycles. The molecular formula is C16H21N3O. The van der Waals surface area contributed by atoms with E-state index in [1.165, 1.54) is 0 Å². The number of nitrogens with one attached hydrogen (secondary N) is 1. The molecule has 2 aromatic rings. The average molecular weight is 271 g/mol. The fraction of sp³-hybridized carbons (Fsp3) is 0.500. The van der Waals surface area contributed by atoms with E-state index >= 15 is 0 Å². The van der Waals surface area contributed by atoms with Crippen LogP contribution >= 0.6 is 0 Å². The number of fused-ring (bicyclic) bond motifs is 1. The van der Waals surface area contributed by atoms with Crippen molar-refractivity contribution in [1.29, 1.82) is 0 Å². The van der Waals surface area contributed by atoms with Gasteiger partial charge in [-0.1, -0.05) is 19.1 Å². The van der Waals surface area contributed by atoms with Crippen molar-refractivity contribution < 1.29 is 4.79 Å². The van der Waals surface area contributed by atoms with Crippen LogP contribution < -0.4 is 5.32 Å². The Morgan fingerprint density at radius 2 is 2.20 bits per heavy atom. The first kappa shape index (κ1) is 13.2. The van der Waals surface area contributed by atoms with Crippen LogP contribution in [0.25, 0.3) is 11.0 Å². The quantitative estimate of drug-likeness (QED) is 0.908. The van der Waals surface area contributed by atoms with Gasteiger partial charge in [-0.2, -0.15) is 0 Å². The molecule has 1 saturated carbocycles. The van der Waals surface area contributed by atoms with Gasteiger partial charge in [0.1, 0.15) is 5.82 Å². The molecule has 1 fully saturated rings. The van der Waals surface area contributed by atoms with Gasteiger partial charge in [0.25, 0.3) is 0 Å². The highest BCUT2D eigenvalue weighted by atomic mass is 16.2. The molecule has 1 heterocycles. The Morgan fingerprint density at radius 1 is 1.45 bits per heavy atom. The maximum absolute atomic E-state index is 11.9. The molecule has 4 heteroatoms. The van der Waals surface area contributed by atoms with E-state index in [1.54, 1.807) is 0 Å². The van der Waals surface area contributed by atoms with Crippen LogP contribution in [0.4, 0.5) is 0 Å². The molecule has 0 aliphatic heterocycles. The summed E-state index contributed by atoms with van der Waals surface area (Å²) >= 11 is 0. The number of carbonyl (C=O) groups excluding carboxylic acids is 1. The Balaban J connectivity index is 1.92. The molecule has 1 atom stereocenters. The summed E-state index contributed by atoms with van der Waals surface area (Å²) in [6.45, 7) is 5.11. The molecule has 0 saturated heterocycles. The topological polar surface area (TPSA) is 46.9 Å². The summed E-state index contributed by atoms with van der Waals surface area (Å²) in [5.41, 5.74) is 2.15. The third-order valence-electron chi connectivity index (χ3n) is 3.83. The zero-order valence-electron chi connectivity index (χ0n) is 12.1. The summed E-state index contributed by atoms with van der Waals surface area (Å²) in [5.74, 6) is 1.37. The number of aromatic nitrogens is 2. The number of aryl methyl sites for hydroxylation is 1. The van der Waals surface area contributed by atoms with Crippen LogP contribution in [0.2, 0.25) is 0 Å². The van der Waals surface area contributed by atoms with E-state index in [4.69, 9.17) is 4.98 Å². The Labute approximate surface area is 119 Å². The lowest BCUT2D eigenvalue weighted by Gasteiger charge is -2.15. The second kappa shape index (κ2) is 5.27. The van der Waals surface area contributed by atoms with Gasteiger partial charge in [-0.25, -0.2) is 4.98 Å². The highest BCUT2D eigenvalue weighted by Gasteiger charge is 2.31. The molecule has 1 aromatic heterocycles. The number of hydrogen-bond donors (Lipinski definition) is 1. The predicted molar refractivity (Wildman–Crippen MR) is 79.3 cm³/mol. The van der Waals surface area contributed by atoms with Gasteiger partial charge in [-0.05, 0) is 38.3 Å². The lowest BCUT2D eigenvalue weighted by Crippen LogP contribution is -2.29. The largest absolute Gasteiger partial charge is 0.346 e. The molecular weight excluding hydrogens is 250 g/mol. The number of amides is 1. The van der Waals surface area contributed by atoms with E-state index in [2.05, 4.69) is 22.9 Å². The molecule has 1 amide bonds. The molecule has 1 N–H and O–H groups in total. The smallest absolute Gasteiger partial charge is 0.223 e. The third kappa shape index (κ3) is 2.42. The van der Waals surface area contributed by atoms with Crippen molar-refractivity contribution in [2.45, 2.75) is 45.7 Å². The molecule has 1 unspecified atom stereocenters. The SMILES string of the molecule is CCCn1c(C(C)NC(=O)C2CC2)nc2ccccc21. The zero-order valence-corrected chi connectivity index (χ0v) is 12.1. The second-order valence-corrected chi connectivity index (χ2v) is 5.61. The Bertz CT molecular complexity index is 628. The maximum Gasteiger partial charge on any atom is 0.223 e. The summed E-state index contributed by atoms with van der Waals surface area (Å²) in [5, 5.41) is 3.10. The van der Waals surface area contributed by atoms with Crippen LogP contribution in [0.1, 0.15) is 45.0 Å². The van der Waals surface area contributed by atoms with Crippen molar-refractivity contribution >= 4 is 16.9 Å². The zero-order chi connectivity index (χ0) is 14.1. The molecule has 0 bridgehead atoms. The summed E-state index contributed by atoms with van der Waals surface area (Å²) in [6, 6.07) is 8.12. The minimum absolute atomic E-state index is 0.0398. The van der Waals surface area contributed by atoms with E-state index in [1.807, 2.05) is 25.1 Å². The van der Waals surface area contributed by atoms with Crippen LogP contribution in [0.15, 0.2) is 24.3 Å². The molecule has 1 aliphatic rings. The monoisotopic (exact) mass is 271 g/mol. The summed E-state index contributed by atoms with van der Waals surface area (Å²) in [6.07, 6.45) is 3.12. The number of nitrogens with zero attached hydrogens (tertiary/aromatic N) is 2.